The van der Waals surface area contributed by atoms with E-state index in [0.717, 1.165) is 24.1 Å². The van der Waals surface area contributed by atoms with Gasteiger partial charge in [0.2, 0.25) is 0 Å². The van der Waals surface area contributed by atoms with E-state index in [-0.39, 0.29) is 11.6 Å². The molecule has 2 aromatic rings. The Morgan fingerprint density at radius 2 is 1.86 bits per heavy atom. The van der Waals surface area contributed by atoms with E-state index >= 15 is 0 Å². The average Bonchev–Trinajstić information content (AvgIpc) is 2.87. The minimum atomic E-state index is -1.01. The Hall–Kier alpha value is -2.17. The van der Waals surface area contributed by atoms with Crippen LogP contribution in [0.3, 0.4) is 0 Å². The predicted molar refractivity (Wildman–Crippen MR) is 80.6 cm³/mol. The molecule has 0 aliphatic rings. The second kappa shape index (κ2) is 6.52. The van der Waals surface area contributed by atoms with Crippen molar-refractivity contribution in [1.82, 2.24) is 15.0 Å². The van der Waals surface area contributed by atoms with Gasteiger partial charge in [0.15, 0.2) is 5.69 Å². The van der Waals surface area contributed by atoms with Crippen LogP contribution in [0.4, 0.5) is 0 Å². The zero-order valence-electron chi connectivity index (χ0n) is 12.7. The van der Waals surface area contributed by atoms with Crippen molar-refractivity contribution < 1.29 is 9.90 Å². The third-order valence-electron chi connectivity index (χ3n) is 3.80. The SMILES string of the molecule is CCC(CC)c1c(C(=O)O)nnn1Cc1ccc(C)cc1. The molecule has 2 rings (SSSR count). The molecule has 1 N–H and O–H groups in total. The summed E-state index contributed by atoms with van der Waals surface area (Å²) in [5.74, 6) is -0.844. The number of carbonyl (C=O) groups is 1. The number of aryl methyl sites for hydroxylation is 1. The van der Waals surface area contributed by atoms with Gasteiger partial charge in [-0.3, -0.25) is 0 Å². The quantitative estimate of drug-likeness (QED) is 0.885. The molecule has 0 amide bonds. The lowest BCUT2D eigenvalue weighted by Gasteiger charge is -2.15. The first kappa shape index (κ1) is 15.2. The number of carboxylic acids is 1. The van der Waals surface area contributed by atoms with E-state index in [0.29, 0.717) is 6.54 Å². The molecule has 112 valence electrons. The molecule has 5 heteroatoms. The largest absolute Gasteiger partial charge is 0.476 e. The van der Waals surface area contributed by atoms with Gasteiger partial charge in [-0.05, 0) is 25.3 Å². The fourth-order valence-corrected chi connectivity index (χ4v) is 2.54. The maximum absolute atomic E-state index is 11.4. The molecule has 0 fully saturated rings. The summed E-state index contributed by atoms with van der Waals surface area (Å²) in [6.07, 6.45) is 1.75. The molecule has 21 heavy (non-hydrogen) atoms. The third-order valence-corrected chi connectivity index (χ3v) is 3.80. The van der Waals surface area contributed by atoms with E-state index in [4.69, 9.17) is 0 Å². The topological polar surface area (TPSA) is 68.0 Å². The minimum Gasteiger partial charge on any atom is -0.476 e. The first-order chi connectivity index (χ1) is 10.1. The van der Waals surface area contributed by atoms with E-state index < -0.39 is 5.97 Å². The van der Waals surface area contributed by atoms with Crippen LogP contribution in [-0.4, -0.2) is 26.1 Å². The number of hydrogen-bond donors (Lipinski definition) is 1. The van der Waals surface area contributed by atoms with Gasteiger partial charge in [-0.2, -0.15) is 0 Å². The highest BCUT2D eigenvalue weighted by molar-refractivity contribution is 5.86. The van der Waals surface area contributed by atoms with Crippen LogP contribution >= 0.6 is 0 Å². The summed E-state index contributed by atoms with van der Waals surface area (Å²) < 4.78 is 1.73. The van der Waals surface area contributed by atoms with Crippen molar-refractivity contribution in [3.63, 3.8) is 0 Å². The van der Waals surface area contributed by atoms with E-state index in [9.17, 15) is 9.90 Å². The average molecular weight is 287 g/mol. The van der Waals surface area contributed by atoms with Crippen molar-refractivity contribution in [3.05, 3.63) is 46.8 Å². The van der Waals surface area contributed by atoms with Crippen molar-refractivity contribution in [2.75, 3.05) is 0 Å². The molecular weight excluding hydrogens is 266 g/mol. The number of carboxylic acid groups (broad SMARTS) is 1. The first-order valence-corrected chi connectivity index (χ1v) is 7.29. The second-order valence-corrected chi connectivity index (χ2v) is 5.29. The lowest BCUT2D eigenvalue weighted by molar-refractivity contribution is 0.0688. The van der Waals surface area contributed by atoms with Crippen LogP contribution in [0, 0.1) is 6.92 Å². The van der Waals surface area contributed by atoms with E-state index in [1.54, 1.807) is 4.68 Å². The smallest absolute Gasteiger partial charge is 0.358 e. The van der Waals surface area contributed by atoms with Gasteiger partial charge in [0.25, 0.3) is 0 Å². The first-order valence-electron chi connectivity index (χ1n) is 7.29. The van der Waals surface area contributed by atoms with Crippen molar-refractivity contribution in [2.45, 2.75) is 46.1 Å². The van der Waals surface area contributed by atoms with Crippen LogP contribution in [0.1, 0.15) is 59.9 Å². The monoisotopic (exact) mass is 287 g/mol. The van der Waals surface area contributed by atoms with Crippen LogP contribution < -0.4 is 0 Å². The number of rotatable bonds is 6. The van der Waals surface area contributed by atoms with Gasteiger partial charge < -0.3 is 5.11 Å². The molecule has 0 radical (unpaired) electrons. The molecular formula is C16H21N3O2. The Morgan fingerprint density at radius 1 is 1.24 bits per heavy atom. The third kappa shape index (κ3) is 3.29. The summed E-state index contributed by atoms with van der Waals surface area (Å²) in [4.78, 5) is 11.4. The fraction of sp³-hybridized carbons (Fsp3) is 0.438. The Balaban J connectivity index is 2.38. The zero-order valence-corrected chi connectivity index (χ0v) is 12.7. The van der Waals surface area contributed by atoms with E-state index in [1.165, 1.54) is 5.56 Å². The van der Waals surface area contributed by atoms with Crippen molar-refractivity contribution in [1.29, 1.82) is 0 Å². The molecule has 0 saturated heterocycles. The highest BCUT2D eigenvalue weighted by atomic mass is 16.4. The maximum Gasteiger partial charge on any atom is 0.358 e. The fourth-order valence-electron chi connectivity index (χ4n) is 2.54. The Morgan fingerprint density at radius 3 is 2.38 bits per heavy atom. The molecule has 1 aromatic carbocycles. The van der Waals surface area contributed by atoms with E-state index in [2.05, 4.69) is 24.2 Å². The minimum absolute atomic E-state index is 0.0795. The summed E-state index contributed by atoms with van der Waals surface area (Å²) in [6, 6.07) is 8.16. The lowest BCUT2D eigenvalue weighted by atomic mass is 9.97. The molecule has 0 bridgehead atoms. The molecule has 0 saturated carbocycles. The zero-order chi connectivity index (χ0) is 15.4. The van der Waals surface area contributed by atoms with Crippen molar-refractivity contribution >= 4 is 5.97 Å². The standard InChI is InChI=1S/C16H21N3O2/c1-4-13(5-2)15-14(16(20)21)17-18-19(15)10-12-8-6-11(3)7-9-12/h6-9,13H,4-5,10H2,1-3H3,(H,20,21). The van der Waals surface area contributed by atoms with Crippen LogP contribution in [0.25, 0.3) is 0 Å². The summed E-state index contributed by atoms with van der Waals surface area (Å²) >= 11 is 0. The highest BCUT2D eigenvalue weighted by Gasteiger charge is 2.24. The number of nitrogens with zero attached hydrogens (tertiary/aromatic N) is 3. The number of aromatic nitrogens is 3. The Labute approximate surface area is 124 Å². The van der Waals surface area contributed by atoms with Gasteiger partial charge in [0.05, 0.1) is 12.2 Å². The molecule has 0 spiro atoms. The number of aromatic carboxylic acids is 1. The Kier molecular flexibility index (Phi) is 4.73. The summed E-state index contributed by atoms with van der Waals surface area (Å²) in [6.45, 7) is 6.70. The summed E-state index contributed by atoms with van der Waals surface area (Å²) in [7, 11) is 0. The van der Waals surface area contributed by atoms with Gasteiger partial charge >= 0.3 is 5.97 Å². The van der Waals surface area contributed by atoms with Gasteiger partial charge in [-0.15, -0.1) is 5.10 Å². The molecule has 1 aromatic heterocycles. The summed E-state index contributed by atoms with van der Waals surface area (Å²) in [5, 5.41) is 17.2. The van der Waals surface area contributed by atoms with Gasteiger partial charge in [-0.1, -0.05) is 48.9 Å². The molecule has 0 atom stereocenters. The second-order valence-electron chi connectivity index (χ2n) is 5.29. The molecule has 5 nitrogen and oxygen atoms in total. The Bertz CT molecular complexity index is 613. The summed E-state index contributed by atoms with van der Waals surface area (Å²) in [5.41, 5.74) is 3.10. The molecule has 1 heterocycles. The van der Waals surface area contributed by atoms with Gasteiger partial charge in [0.1, 0.15) is 0 Å². The molecule has 0 aliphatic carbocycles. The highest BCUT2D eigenvalue weighted by Crippen LogP contribution is 2.25. The predicted octanol–water partition coefficient (Wildman–Crippen LogP) is 3.24. The maximum atomic E-state index is 11.4. The van der Waals surface area contributed by atoms with E-state index in [1.807, 2.05) is 31.2 Å². The van der Waals surface area contributed by atoms with Crippen molar-refractivity contribution in [2.24, 2.45) is 0 Å². The lowest BCUT2D eigenvalue weighted by Crippen LogP contribution is -2.13. The normalized spacial score (nSPS) is 11.0. The van der Waals surface area contributed by atoms with Crippen LogP contribution in [0.5, 0.6) is 0 Å². The van der Waals surface area contributed by atoms with Gasteiger partial charge in [-0.25, -0.2) is 9.48 Å². The molecule has 0 aliphatic heterocycles. The number of benzene rings is 1. The molecule has 0 unspecified atom stereocenters. The van der Waals surface area contributed by atoms with Crippen LogP contribution in [-0.2, 0) is 6.54 Å². The van der Waals surface area contributed by atoms with Crippen molar-refractivity contribution in [3.8, 4) is 0 Å². The van der Waals surface area contributed by atoms with Crippen LogP contribution in [0.15, 0.2) is 24.3 Å². The number of hydrogen-bond acceptors (Lipinski definition) is 3. The van der Waals surface area contributed by atoms with Gasteiger partial charge in [0, 0.05) is 5.92 Å². The van der Waals surface area contributed by atoms with Crippen LogP contribution in [0.2, 0.25) is 0 Å².